The number of hydrogen-bond donors (Lipinski definition) is 2. The minimum absolute atomic E-state index is 0.0561. The summed E-state index contributed by atoms with van der Waals surface area (Å²) in [5.74, 6) is -0.741. The van der Waals surface area contributed by atoms with Crippen molar-refractivity contribution >= 4 is 23.8 Å². The summed E-state index contributed by atoms with van der Waals surface area (Å²) in [5.41, 5.74) is 0. The number of ether oxygens (including phenoxy) is 1. The Hall–Kier alpha value is -0.950. The molecule has 1 aliphatic heterocycles. The molecule has 3 unspecified atom stereocenters. The number of hydrogen-bond acceptors (Lipinski definition) is 4. The number of amides is 2. The van der Waals surface area contributed by atoms with E-state index in [1.807, 2.05) is 13.2 Å². The highest BCUT2D eigenvalue weighted by molar-refractivity contribution is 7.98. The fourth-order valence-corrected chi connectivity index (χ4v) is 2.50. The van der Waals surface area contributed by atoms with Crippen LogP contribution in [0.2, 0.25) is 0 Å². The summed E-state index contributed by atoms with van der Waals surface area (Å²) < 4.78 is 5.15. The maximum Gasteiger partial charge on any atom is 0.317 e. The number of urea groups is 1. The van der Waals surface area contributed by atoms with Crippen LogP contribution in [-0.2, 0) is 9.53 Å². The fraction of sp³-hybridized carbons (Fsp3) is 0.818. The van der Waals surface area contributed by atoms with Gasteiger partial charge in [-0.05, 0) is 13.2 Å². The van der Waals surface area contributed by atoms with Crippen molar-refractivity contribution in [2.24, 2.45) is 5.92 Å². The average molecular weight is 276 g/mol. The number of carbonyl (C=O) groups is 2. The van der Waals surface area contributed by atoms with Crippen molar-refractivity contribution in [1.29, 1.82) is 0 Å². The van der Waals surface area contributed by atoms with Gasteiger partial charge in [0, 0.05) is 18.8 Å². The zero-order valence-corrected chi connectivity index (χ0v) is 11.7. The predicted molar refractivity (Wildman–Crippen MR) is 69.9 cm³/mol. The third-order valence-corrected chi connectivity index (χ3v) is 3.81. The van der Waals surface area contributed by atoms with Crippen molar-refractivity contribution < 1.29 is 19.4 Å². The average Bonchev–Trinajstić information content (AvgIpc) is 2.76. The van der Waals surface area contributed by atoms with Gasteiger partial charge in [-0.2, -0.15) is 11.8 Å². The van der Waals surface area contributed by atoms with Gasteiger partial charge in [0.15, 0.2) is 0 Å². The number of rotatable bonds is 5. The van der Waals surface area contributed by atoms with Crippen LogP contribution in [0.5, 0.6) is 0 Å². The second-order valence-corrected chi connectivity index (χ2v) is 5.38. The maximum atomic E-state index is 11.9. The van der Waals surface area contributed by atoms with Gasteiger partial charge in [-0.3, -0.25) is 4.79 Å². The minimum Gasteiger partial charge on any atom is -0.481 e. The summed E-state index contributed by atoms with van der Waals surface area (Å²) >= 11 is 1.65. The molecule has 2 amide bonds. The molecule has 1 aliphatic rings. The fourth-order valence-electron chi connectivity index (χ4n) is 1.92. The molecular formula is C11H20N2O4S. The van der Waals surface area contributed by atoms with E-state index in [0.717, 1.165) is 5.75 Å². The van der Waals surface area contributed by atoms with Gasteiger partial charge < -0.3 is 20.1 Å². The van der Waals surface area contributed by atoms with Gasteiger partial charge in [0.1, 0.15) is 5.92 Å². The molecule has 7 heteroatoms. The van der Waals surface area contributed by atoms with Crippen molar-refractivity contribution in [3.8, 4) is 0 Å². The number of aliphatic carboxylic acids is 1. The monoisotopic (exact) mass is 276 g/mol. The van der Waals surface area contributed by atoms with Gasteiger partial charge in [-0.1, -0.05) is 0 Å². The smallest absolute Gasteiger partial charge is 0.317 e. The molecule has 1 fully saturated rings. The topological polar surface area (TPSA) is 78.9 Å². The molecule has 0 saturated carbocycles. The van der Waals surface area contributed by atoms with Gasteiger partial charge in [0.2, 0.25) is 0 Å². The molecule has 104 valence electrons. The van der Waals surface area contributed by atoms with E-state index in [0.29, 0.717) is 0 Å². The molecule has 0 aliphatic carbocycles. The van der Waals surface area contributed by atoms with E-state index in [1.54, 1.807) is 18.8 Å². The number of nitrogens with one attached hydrogen (secondary N) is 1. The molecule has 6 nitrogen and oxygen atoms in total. The Balaban J connectivity index is 2.55. The first-order chi connectivity index (χ1) is 8.47. The summed E-state index contributed by atoms with van der Waals surface area (Å²) in [5, 5.41) is 11.9. The Morgan fingerprint density at radius 2 is 2.22 bits per heavy atom. The maximum absolute atomic E-state index is 11.9. The van der Waals surface area contributed by atoms with E-state index in [4.69, 9.17) is 9.84 Å². The van der Waals surface area contributed by atoms with Crippen LogP contribution in [0.3, 0.4) is 0 Å². The Bertz CT molecular complexity index is 313. The van der Waals surface area contributed by atoms with Crippen molar-refractivity contribution in [2.45, 2.75) is 19.0 Å². The molecule has 2 N–H and O–H groups in total. The molecule has 0 spiro atoms. The molecule has 1 saturated heterocycles. The molecular weight excluding hydrogens is 256 g/mol. The third kappa shape index (κ3) is 3.78. The standard InChI is InChI=1S/C11H20N2O4S/c1-7(6-18-3)12-11(16)13(2)9-5-17-4-8(9)10(14)15/h7-9H,4-6H2,1-3H3,(H,12,16)(H,14,15). The second kappa shape index (κ2) is 6.84. The Morgan fingerprint density at radius 1 is 1.56 bits per heavy atom. The summed E-state index contributed by atoms with van der Waals surface area (Å²) in [4.78, 5) is 24.4. The van der Waals surface area contributed by atoms with Crippen LogP contribution in [0.1, 0.15) is 6.92 Å². The summed E-state index contributed by atoms with van der Waals surface area (Å²) in [6, 6.07) is -0.595. The Labute approximate surface area is 111 Å². The van der Waals surface area contributed by atoms with Gasteiger partial charge in [0.05, 0.1) is 19.3 Å². The first-order valence-corrected chi connectivity index (χ1v) is 7.19. The molecule has 18 heavy (non-hydrogen) atoms. The molecule has 0 aromatic rings. The highest BCUT2D eigenvalue weighted by atomic mass is 32.2. The van der Waals surface area contributed by atoms with Crippen molar-refractivity contribution in [1.82, 2.24) is 10.2 Å². The van der Waals surface area contributed by atoms with Crippen LogP contribution >= 0.6 is 11.8 Å². The lowest BCUT2D eigenvalue weighted by molar-refractivity contribution is -0.142. The SMILES string of the molecule is CSCC(C)NC(=O)N(C)C1COCC1C(=O)O. The summed E-state index contributed by atoms with van der Waals surface area (Å²) in [6.45, 7) is 2.36. The molecule has 0 radical (unpaired) electrons. The van der Waals surface area contributed by atoms with Crippen molar-refractivity contribution in [2.75, 3.05) is 32.3 Å². The van der Waals surface area contributed by atoms with Gasteiger partial charge in [-0.15, -0.1) is 0 Å². The van der Waals surface area contributed by atoms with Crippen LogP contribution < -0.4 is 5.32 Å². The number of thioether (sulfide) groups is 1. The van der Waals surface area contributed by atoms with Crippen molar-refractivity contribution in [3.63, 3.8) is 0 Å². The lowest BCUT2D eigenvalue weighted by atomic mass is 10.0. The Kier molecular flexibility index (Phi) is 5.74. The normalized spacial score (nSPS) is 24.6. The van der Waals surface area contributed by atoms with Gasteiger partial charge in [-0.25, -0.2) is 4.79 Å². The third-order valence-electron chi connectivity index (χ3n) is 2.97. The number of nitrogens with zero attached hydrogens (tertiary/aromatic N) is 1. The molecule has 3 atom stereocenters. The highest BCUT2D eigenvalue weighted by Crippen LogP contribution is 2.19. The lowest BCUT2D eigenvalue weighted by Crippen LogP contribution is -2.50. The van der Waals surface area contributed by atoms with Crippen LogP contribution in [0.25, 0.3) is 0 Å². The van der Waals surface area contributed by atoms with E-state index in [1.165, 1.54) is 4.90 Å². The summed E-state index contributed by atoms with van der Waals surface area (Å²) in [6.07, 6.45) is 1.97. The van der Waals surface area contributed by atoms with Crippen LogP contribution in [0.4, 0.5) is 4.79 Å². The quantitative estimate of drug-likeness (QED) is 0.763. The summed E-state index contributed by atoms with van der Waals surface area (Å²) in [7, 11) is 1.61. The number of likely N-dealkylation sites (N-methyl/N-ethyl adjacent to an activating group) is 1. The highest BCUT2D eigenvalue weighted by Gasteiger charge is 2.38. The second-order valence-electron chi connectivity index (χ2n) is 4.47. The van der Waals surface area contributed by atoms with E-state index in [9.17, 15) is 9.59 Å². The van der Waals surface area contributed by atoms with Crippen LogP contribution in [0.15, 0.2) is 0 Å². The van der Waals surface area contributed by atoms with Crippen LogP contribution in [-0.4, -0.2) is 66.4 Å². The zero-order valence-electron chi connectivity index (χ0n) is 10.9. The van der Waals surface area contributed by atoms with E-state index >= 15 is 0 Å². The first kappa shape index (κ1) is 15.1. The molecule has 0 aromatic carbocycles. The van der Waals surface area contributed by atoms with E-state index < -0.39 is 17.9 Å². The molecule has 0 bridgehead atoms. The van der Waals surface area contributed by atoms with Gasteiger partial charge in [0.25, 0.3) is 0 Å². The van der Waals surface area contributed by atoms with Crippen LogP contribution in [0, 0.1) is 5.92 Å². The largest absolute Gasteiger partial charge is 0.481 e. The number of carbonyl (C=O) groups excluding carboxylic acids is 1. The van der Waals surface area contributed by atoms with E-state index in [-0.39, 0.29) is 25.3 Å². The predicted octanol–water partition coefficient (Wildman–Crippen LogP) is 0.479. The van der Waals surface area contributed by atoms with Crippen molar-refractivity contribution in [3.05, 3.63) is 0 Å². The molecule has 1 heterocycles. The molecule has 0 aromatic heterocycles. The first-order valence-electron chi connectivity index (χ1n) is 5.80. The van der Waals surface area contributed by atoms with E-state index in [2.05, 4.69) is 5.32 Å². The zero-order chi connectivity index (χ0) is 13.7. The van der Waals surface area contributed by atoms with Gasteiger partial charge >= 0.3 is 12.0 Å². The molecule has 1 rings (SSSR count). The number of carboxylic acid groups (broad SMARTS) is 1. The number of carboxylic acids is 1. The minimum atomic E-state index is -0.922. The lowest BCUT2D eigenvalue weighted by Gasteiger charge is -2.27. The Morgan fingerprint density at radius 3 is 2.78 bits per heavy atom.